The molecule has 0 amide bonds. The Morgan fingerprint density at radius 3 is 2.31 bits per heavy atom. The van der Waals surface area contributed by atoms with Crippen molar-refractivity contribution >= 4 is 34.9 Å². The van der Waals surface area contributed by atoms with Gasteiger partial charge in [-0.25, -0.2) is 0 Å². The Kier molecular flexibility index (Phi) is 5.85. The lowest BCUT2D eigenvalue weighted by Crippen LogP contribution is -2.43. The molecule has 3 rings (SSSR count). The third-order valence-electron chi connectivity index (χ3n) is 4.82. The predicted molar refractivity (Wildman–Crippen MR) is 113 cm³/mol. The van der Waals surface area contributed by atoms with Gasteiger partial charge < -0.3 is 20.4 Å². The van der Waals surface area contributed by atoms with E-state index in [1.165, 1.54) is 25.7 Å². The van der Waals surface area contributed by atoms with Gasteiger partial charge in [-0.3, -0.25) is 0 Å². The highest BCUT2D eigenvalue weighted by Crippen LogP contribution is 2.27. The summed E-state index contributed by atoms with van der Waals surface area (Å²) in [5, 5.41) is 7.04. The summed E-state index contributed by atoms with van der Waals surface area (Å²) in [6, 6.07) is 2.15. The number of anilines is 3. The number of aromatic nitrogens is 2. The summed E-state index contributed by atoms with van der Waals surface area (Å²) < 4.78 is 0. The van der Waals surface area contributed by atoms with Crippen LogP contribution in [0.25, 0.3) is 0 Å². The average Bonchev–Trinajstić information content (AvgIpc) is 3.07. The number of nitrogens with one attached hydrogen (secondary N) is 2. The van der Waals surface area contributed by atoms with Gasteiger partial charge in [0.05, 0.1) is 0 Å². The van der Waals surface area contributed by atoms with Crippen molar-refractivity contribution in [1.82, 2.24) is 15.3 Å². The lowest BCUT2D eigenvalue weighted by molar-refractivity contribution is 0.444. The van der Waals surface area contributed by atoms with E-state index in [9.17, 15) is 0 Å². The van der Waals surface area contributed by atoms with Crippen LogP contribution in [0.3, 0.4) is 0 Å². The second-order valence-corrected chi connectivity index (χ2v) is 9.03. The van der Waals surface area contributed by atoms with Crippen LogP contribution in [0.4, 0.5) is 17.6 Å². The number of hydrogen-bond acceptors (Lipinski definition) is 5. The third-order valence-corrected chi connectivity index (χ3v) is 5.03. The highest BCUT2D eigenvalue weighted by Gasteiger charge is 2.22. The smallest absolute Gasteiger partial charge is 0.232 e. The van der Waals surface area contributed by atoms with Crippen molar-refractivity contribution in [2.24, 2.45) is 5.92 Å². The molecule has 0 saturated carbocycles. The Morgan fingerprint density at radius 1 is 1.08 bits per heavy atom. The number of nitrogens with zero attached hydrogens (tertiary/aromatic N) is 4. The molecule has 0 spiro atoms. The fourth-order valence-corrected chi connectivity index (χ4v) is 4.02. The summed E-state index contributed by atoms with van der Waals surface area (Å²) in [4.78, 5) is 14.3. The van der Waals surface area contributed by atoms with E-state index >= 15 is 0 Å². The second-order valence-electron chi connectivity index (χ2n) is 8.62. The van der Waals surface area contributed by atoms with Crippen molar-refractivity contribution in [2.45, 2.75) is 58.9 Å². The standard InChI is InChI=1S/C19H32N6S/c1-14-8-7-11-25(13-14)16-12-15(24-9-5-6-10-24)20-17(21-16)22-18(26)23-19(2,3)4/h12,14H,5-11,13H2,1-4H3,(H2,20,21,22,23,26)/t14-/m1/s1. The quantitative estimate of drug-likeness (QED) is 0.784. The molecule has 0 unspecified atom stereocenters. The van der Waals surface area contributed by atoms with Crippen molar-refractivity contribution in [2.75, 3.05) is 41.3 Å². The van der Waals surface area contributed by atoms with Gasteiger partial charge in [0.1, 0.15) is 11.6 Å². The van der Waals surface area contributed by atoms with Crippen LogP contribution in [-0.2, 0) is 0 Å². The third kappa shape index (κ3) is 5.19. The largest absolute Gasteiger partial charge is 0.358 e. The summed E-state index contributed by atoms with van der Waals surface area (Å²) in [7, 11) is 0. The van der Waals surface area contributed by atoms with Gasteiger partial charge in [-0.05, 0) is 64.6 Å². The maximum Gasteiger partial charge on any atom is 0.232 e. The van der Waals surface area contributed by atoms with E-state index in [1.54, 1.807) is 0 Å². The van der Waals surface area contributed by atoms with Crippen molar-refractivity contribution < 1.29 is 0 Å². The van der Waals surface area contributed by atoms with Gasteiger partial charge in [0.15, 0.2) is 5.11 Å². The molecule has 2 N–H and O–H groups in total. The summed E-state index contributed by atoms with van der Waals surface area (Å²) in [5.41, 5.74) is -0.0955. The number of rotatable bonds is 3. The molecule has 0 aromatic carbocycles. The first-order valence-corrected chi connectivity index (χ1v) is 10.2. The van der Waals surface area contributed by atoms with Gasteiger partial charge in [-0.2, -0.15) is 9.97 Å². The van der Waals surface area contributed by atoms with Crippen LogP contribution in [0.15, 0.2) is 6.07 Å². The Morgan fingerprint density at radius 2 is 1.69 bits per heavy atom. The zero-order chi connectivity index (χ0) is 18.7. The van der Waals surface area contributed by atoms with E-state index in [0.29, 0.717) is 17.0 Å². The molecule has 0 aliphatic carbocycles. The topological polar surface area (TPSA) is 56.3 Å². The minimum Gasteiger partial charge on any atom is -0.358 e. The molecule has 2 aliphatic rings. The van der Waals surface area contributed by atoms with Crippen molar-refractivity contribution in [3.8, 4) is 0 Å². The molecule has 0 radical (unpaired) electrons. The van der Waals surface area contributed by atoms with Gasteiger partial charge in [0.25, 0.3) is 0 Å². The molecule has 7 heteroatoms. The van der Waals surface area contributed by atoms with Crippen LogP contribution in [0, 0.1) is 5.92 Å². The SMILES string of the molecule is C[C@@H]1CCCN(c2cc(N3CCCC3)nc(NC(=S)NC(C)(C)C)n2)C1. The number of piperidine rings is 1. The predicted octanol–water partition coefficient (Wildman–Crippen LogP) is 3.40. The van der Waals surface area contributed by atoms with Crippen LogP contribution < -0.4 is 20.4 Å². The average molecular weight is 377 g/mol. The Bertz CT molecular complexity index is 635. The van der Waals surface area contributed by atoms with Gasteiger partial charge in [0, 0.05) is 37.8 Å². The molecular formula is C19H32N6S. The van der Waals surface area contributed by atoms with E-state index < -0.39 is 0 Å². The van der Waals surface area contributed by atoms with Crippen LogP contribution in [0.1, 0.15) is 53.4 Å². The van der Waals surface area contributed by atoms with E-state index in [2.05, 4.69) is 54.2 Å². The Balaban J connectivity index is 1.83. The normalized spacial score (nSPS) is 21.0. The molecule has 1 atom stereocenters. The van der Waals surface area contributed by atoms with Crippen LogP contribution in [0.5, 0.6) is 0 Å². The molecule has 1 aromatic rings. The fraction of sp³-hybridized carbons (Fsp3) is 0.737. The van der Waals surface area contributed by atoms with Crippen LogP contribution in [-0.4, -0.2) is 46.8 Å². The highest BCUT2D eigenvalue weighted by atomic mass is 32.1. The number of hydrogen-bond donors (Lipinski definition) is 2. The zero-order valence-corrected chi connectivity index (χ0v) is 17.3. The van der Waals surface area contributed by atoms with Crippen molar-refractivity contribution in [3.05, 3.63) is 6.07 Å². The summed E-state index contributed by atoms with van der Waals surface area (Å²) >= 11 is 5.45. The van der Waals surface area contributed by atoms with E-state index in [0.717, 1.165) is 37.8 Å². The monoisotopic (exact) mass is 376 g/mol. The zero-order valence-electron chi connectivity index (χ0n) is 16.5. The van der Waals surface area contributed by atoms with Gasteiger partial charge in [-0.15, -0.1) is 0 Å². The summed E-state index contributed by atoms with van der Waals surface area (Å²) in [5.74, 6) is 3.31. The molecule has 2 aliphatic heterocycles. The lowest BCUT2D eigenvalue weighted by Gasteiger charge is -2.32. The Hall–Kier alpha value is -1.63. The molecule has 1 aromatic heterocycles. The second kappa shape index (κ2) is 7.94. The highest BCUT2D eigenvalue weighted by molar-refractivity contribution is 7.80. The molecule has 6 nitrogen and oxygen atoms in total. The van der Waals surface area contributed by atoms with E-state index in [1.807, 2.05) is 0 Å². The molecule has 3 heterocycles. The van der Waals surface area contributed by atoms with E-state index in [-0.39, 0.29) is 5.54 Å². The first-order chi connectivity index (χ1) is 12.3. The van der Waals surface area contributed by atoms with Crippen LogP contribution in [0.2, 0.25) is 0 Å². The van der Waals surface area contributed by atoms with Crippen molar-refractivity contribution in [3.63, 3.8) is 0 Å². The molecule has 2 saturated heterocycles. The fourth-order valence-electron chi connectivity index (χ4n) is 3.62. The molecule has 2 fully saturated rings. The Labute approximate surface area is 162 Å². The number of thiocarbonyl (C=S) groups is 1. The molecule has 144 valence electrons. The first kappa shape index (κ1) is 19.1. The summed E-state index contributed by atoms with van der Waals surface area (Å²) in [6.07, 6.45) is 4.97. The molecule has 0 bridgehead atoms. The molecular weight excluding hydrogens is 344 g/mol. The lowest BCUT2D eigenvalue weighted by atomic mass is 10.0. The van der Waals surface area contributed by atoms with Gasteiger partial charge >= 0.3 is 0 Å². The minimum atomic E-state index is -0.0955. The van der Waals surface area contributed by atoms with E-state index in [4.69, 9.17) is 22.2 Å². The van der Waals surface area contributed by atoms with Crippen molar-refractivity contribution in [1.29, 1.82) is 0 Å². The first-order valence-electron chi connectivity index (χ1n) is 9.78. The molecule has 26 heavy (non-hydrogen) atoms. The van der Waals surface area contributed by atoms with Crippen LogP contribution >= 0.6 is 12.2 Å². The maximum atomic E-state index is 5.45. The van der Waals surface area contributed by atoms with Gasteiger partial charge in [-0.1, -0.05) is 6.92 Å². The maximum absolute atomic E-state index is 5.45. The minimum absolute atomic E-state index is 0.0955. The summed E-state index contributed by atoms with van der Waals surface area (Å²) in [6.45, 7) is 12.8. The van der Waals surface area contributed by atoms with Gasteiger partial charge in [0.2, 0.25) is 5.95 Å².